The predicted octanol–water partition coefficient (Wildman–Crippen LogP) is 5.17. The first-order chi connectivity index (χ1) is 18.1. The molecule has 7 nitrogen and oxygen atoms in total. The maximum Gasteiger partial charge on any atom is 0.288 e. The molecule has 3 aromatic rings. The van der Waals surface area contributed by atoms with Crippen molar-refractivity contribution >= 4 is 37.9 Å². The molecule has 1 unspecified atom stereocenters. The number of benzene rings is 2. The molecule has 1 aliphatic carbocycles. The van der Waals surface area contributed by atoms with Crippen molar-refractivity contribution in [1.29, 1.82) is 0 Å². The van der Waals surface area contributed by atoms with Gasteiger partial charge in [-0.2, -0.15) is 0 Å². The van der Waals surface area contributed by atoms with Gasteiger partial charge in [0.25, 0.3) is 6.43 Å². The number of fused-ring (bicyclic) bond motifs is 1. The second-order valence-electron chi connectivity index (χ2n) is 9.09. The van der Waals surface area contributed by atoms with Gasteiger partial charge in [-0.05, 0) is 49.1 Å². The molecule has 1 heterocycles. The molecule has 2 aromatic carbocycles. The predicted molar refractivity (Wildman–Crippen MR) is 140 cm³/mol. The van der Waals surface area contributed by atoms with Crippen molar-refractivity contribution in [2.45, 2.75) is 49.3 Å². The van der Waals surface area contributed by atoms with Gasteiger partial charge in [0, 0.05) is 42.3 Å². The van der Waals surface area contributed by atoms with Gasteiger partial charge in [0.05, 0.1) is 35.4 Å². The normalized spacial score (nSPS) is 15.3. The van der Waals surface area contributed by atoms with E-state index in [1.807, 2.05) is 0 Å². The van der Waals surface area contributed by atoms with Gasteiger partial charge in [0.15, 0.2) is 9.84 Å². The zero-order valence-electron chi connectivity index (χ0n) is 20.9. The number of carbonyl (C=O) groups is 1. The molecule has 11 heteroatoms. The lowest BCUT2D eigenvalue weighted by Crippen LogP contribution is -2.26. The number of methoxy groups -OCH3 is 1. The summed E-state index contributed by atoms with van der Waals surface area (Å²) >= 11 is 0. The summed E-state index contributed by atoms with van der Waals surface area (Å²) in [6, 6.07) is 11.0. The van der Waals surface area contributed by atoms with Crippen molar-refractivity contribution in [3.05, 3.63) is 48.2 Å². The van der Waals surface area contributed by atoms with E-state index in [-0.39, 0.29) is 34.5 Å². The lowest BCUT2D eigenvalue weighted by molar-refractivity contribution is -0.120. The van der Waals surface area contributed by atoms with E-state index in [4.69, 9.17) is 4.74 Å². The van der Waals surface area contributed by atoms with Crippen LogP contribution in [-0.4, -0.2) is 51.1 Å². The lowest BCUT2D eigenvalue weighted by Gasteiger charge is -2.23. The molecule has 1 saturated carbocycles. The summed E-state index contributed by atoms with van der Waals surface area (Å²) in [6.45, 7) is 0.0585. The highest BCUT2D eigenvalue weighted by atomic mass is 32.2. The highest BCUT2D eigenvalue weighted by Gasteiger charge is 2.26. The Kier molecular flexibility index (Phi) is 8.21. The van der Waals surface area contributed by atoms with E-state index in [9.17, 15) is 26.4 Å². The van der Waals surface area contributed by atoms with Crippen LogP contribution in [0.2, 0.25) is 0 Å². The maximum absolute atomic E-state index is 14.7. The minimum atomic E-state index is -3.42. The summed E-state index contributed by atoms with van der Waals surface area (Å²) in [5.74, 6) is 6.13. The number of carbonyl (C=O) groups excluding carboxylic acids is 1. The van der Waals surface area contributed by atoms with E-state index in [1.165, 1.54) is 19.2 Å². The third-order valence-corrected chi connectivity index (χ3v) is 7.54. The first-order valence-corrected chi connectivity index (χ1v) is 13.9. The van der Waals surface area contributed by atoms with Crippen LogP contribution in [0.3, 0.4) is 0 Å². The van der Waals surface area contributed by atoms with Gasteiger partial charge in [-0.3, -0.25) is 9.36 Å². The monoisotopic (exact) mass is 547 g/mol. The van der Waals surface area contributed by atoms with Crippen molar-refractivity contribution in [1.82, 2.24) is 4.57 Å². The number of nitrogens with zero attached hydrogens (tertiary/aromatic N) is 1. The number of aromatic nitrogens is 1. The number of anilines is 2. The zero-order valence-corrected chi connectivity index (χ0v) is 21.7. The smallest absolute Gasteiger partial charge is 0.288 e. The number of rotatable bonds is 8. The molecule has 38 heavy (non-hydrogen) atoms. The minimum Gasteiger partial charge on any atom is -0.495 e. The fourth-order valence-electron chi connectivity index (χ4n) is 4.48. The van der Waals surface area contributed by atoms with Gasteiger partial charge in [-0.15, -0.1) is 0 Å². The van der Waals surface area contributed by atoms with Crippen LogP contribution in [0.15, 0.2) is 47.4 Å². The Morgan fingerprint density at radius 2 is 1.84 bits per heavy atom. The molecule has 1 fully saturated rings. The molecule has 1 atom stereocenters. The molecule has 0 radical (unpaired) electrons. The summed E-state index contributed by atoms with van der Waals surface area (Å²) in [6.07, 6.45) is -2.43. The molecule has 0 aliphatic heterocycles. The highest BCUT2D eigenvalue weighted by molar-refractivity contribution is 7.90. The van der Waals surface area contributed by atoms with Gasteiger partial charge in [-0.1, -0.05) is 12.0 Å². The molecule has 0 amide bonds. The Balaban J connectivity index is 1.61. The van der Waals surface area contributed by atoms with Crippen LogP contribution < -0.4 is 15.4 Å². The number of hydrogen-bond acceptors (Lipinski definition) is 6. The number of halogens is 3. The average molecular weight is 548 g/mol. The van der Waals surface area contributed by atoms with Gasteiger partial charge >= 0.3 is 0 Å². The van der Waals surface area contributed by atoms with E-state index in [0.29, 0.717) is 48.2 Å². The van der Waals surface area contributed by atoms with E-state index < -0.39 is 22.6 Å². The molecule has 1 aliphatic rings. The number of sulfone groups is 1. The average Bonchev–Trinajstić information content (AvgIpc) is 3.26. The molecular formula is C27H28F3N3O4S. The Morgan fingerprint density at radius 3 is 2.50 bits per heavy atom. The molecule has 4 rings (SSSR count). The van der Waals surface area contributed by atoms with Crippen LogP contribution in [-0.2, 0) is 14.6 Å². The fourth-order valence-corrected chi connectivity index (χ4v) is 5.11. The van der Waals surface area contributed by atoms with Crippen molar-refractivity contribution in [2.75, 3.05) is 30.5 Å². The Hall–Kier alpha value is -3.65. The standard InChI is InChI=1S/C27H28F3N3O4S/c1-37-25-16-20(38(2,35)36)12-13-23(25)31-14-4-5-18-15-21-22(32-17-8-10-19(34)11-9-17)6-3-7-24(21)33(18)27(30)26(28)29/h3,6-7,12-13,15-17,26-27,31-32H,8-11,14H2,1-2H3. The summed E-state index contributed by atoms with van der Waals surface area (Å²) in [7, 11) is -2.02. The quantitative estimate of drug-likeness (QED) is 0.378. The second-order valence-corrected chi connectivity index (χ2v) is 11.1. The fraction of sp³-hybridized carbons (Fsp3) is 0.370. The highest BCUT2D eigenvalue weighted by Crippen LogP contribution is 2.34. The molecule has 0 spiro atoms. The van der Waals surface area contributed by atoms with Crippen LogP contribution >= 0.6 is 0 Å². The van der Waals surface area contributed by atoms with E-state index in [1.54, 1.807) is 30.3 Å². The van der Waals surface area contributed by atoms with E-state index >= 15 is 0 Å². The van der Waals surface area contributed by atoms with Crippen LogP contribution in [0.1, 0.15) is 37.7 Å². The minimum absolute atomic E-state index is 0.0562. The van der Waals surface area contributed by atoms with Crippen molar-refractivity contribution in [3.8, 4) is 17.6 Å². The van der Waals surface area contributed by atoms with E-state index in [2.05, 4.69) is 22.5 Å². The van der Waals surface area contributed by atoms with Crippen molar-refractivity contribution in [3.63, 3.8) is 0 Å². The number of ether oxygens (including phenoxy) is 1. The number of nitrogens with one attached hydrogen (secondary N) is 2. The molecule has 0 bridgehead atoms. The number of alkyl halides is 3. The van der Waals surface area contributed by atoms with Gasteiger partial charge < -0.3 is 15.4 Å². The van der Waals surface area contributed by atoms with E-state index in [0.717, 1.165) is 10.8 Å². The molecule has 2 N–H and O–H groups in total. The van der Waals surface area contributed by atoms with Crippen molar-refractivity contribution < 1.29 is 31.1 Å². The van der Waals surface area contributed by atoms with Crippen molar-refractivity contribution in [2.24, 2.45) is 0 Å². The summed E-state index contributed by atoms with van der Waals surface area (Å²) in [5, 5.41) is 6.94. The zero-order chi connectivity index (χ0) is 27.4. The second kappa shape index (κ2) is 11.4. The number of Topliss-reactive ketones (excluding diaryl/α,β-unsaturated/α-hetero) is 1. The van der Waals surface area contributed by atoms with Gasteiger partial charge in [0.2, 0.25) is 6.30 Å². The molecule has 202 valence electrons. The third kappa shape index (κ3) is 6.07. The van der Waals surface area contributed by atoms with Crippen LogP contribution in [0.5, 0.6) is 5.75 Å². The topological polar surface area (TPSA) is 89.4 Å². The molecule has 1 aromatic heterocycles. The number of hydrogen-bond donors (Lipinski definition) is 2. The van der Waals surface area contributed by atoms with Crippen LogP contribution in [0.25, 0.3) is 10.9 Å². The SMILES string of the molecule is COc1cc(S(C)(=O)=O)ccc1NCC#Cc1cc2c(NC3CCC(=O)CC3)cccc2n1C(F)C(F)F. The van der Waals surface area contributed by atoms with Crippen LogP contribution in [0, 0.1) is 11.8 Å². The Bertz CT molecular complexity index is 1500. The van der Waals surface area contributed by atoms with Crippen LogP contribution in [0.4, 0.5) is 24.5 Å². The molecular weight excluding hydrogens is 519 g/mol. The number of ketones is 1. The van der Waals surface area contributed by atoms with Gasteiger partial charge in [0.1, 0.15) is 11.5 Å². The summed E-state index contributed by atoms with van der Waals surface area (Å²) < 4.78 is 71.4. The Morgan fingerprint density at radius 1 is 1.11 bits per heavy atom. The van der Waals surface area contributed by atoms with Gasteiger partial charge in [-0.25, -0.2) is 21.6 Å². The summed E-state index contributed by atoms with van der Waals surface area (Å²) in [5.41, 5.74) is 1.52. The summed E-state index contributed by atoms with van der Waals surface area (Å²) in [4.78, 5) is 11.7. The first kappa shape index (κ1) is 27.4. The third-order valence-electron chi connectivity index (χ3n) is 6.43. The molecule has 0 saturated heterocycles. The maximum atomic E-state index is 14.7. The largest absolute Gasteiger partial charge is 0.495 e. The Labute approximate surface area is 219 Å². The lowest BCUT2D eigenvalue weighted by atomic mass is 9.94. The first-order valence-electron chi connectivity index (χ1n) is 12.0.